The summed E-state index contributed by atoms with van der Waals surface area (Å²) in [6.45, 7) is 18.2. The number of carbonyl (C=O) groups is 9. The zero-order chi connectivity index (χ0) is 77.2. The number of carbonyl (C=O) groups excluding carboxylic acids is 9. The van der Waals surface area contributed by atoms with Crippen molar-refractivity contribution in [2.24, 2.45) is 35.3 Å². The summed E-state index contributed by atoms with van der Waals surface area (Å²) in [7, 11) is 5.54. The number of esters is 1. The maximum atomic E-state index is 15.4. The summed E-state index contributed by atoms with van der Waals surface area (Å²) in [5, 5.41) is 37.7. The number of nitrogens with two attached hydrogens (primary N) is 1. The van der Waals surface area contributed by atoms with Crippen LogP contribution in [0.5, 0.6) is 17.2 Å². The van der Waals surface area contributed by atoms with Gasteiger partial charge in [0.05, 0.1) is 29.4 Å². The van der Waals surface area contributed by atoms with Gasteiger partial charge in [0.1, 0.15) is 47.3 Å². The number of amides is 8. The molecule has 0 saturated carbocycles. The summed E-state index contributed by atoms with van der Waals surface area (Å²) in [5.74, 6) is -9.19. The number of unbranched alkanes of at least 4 members (excludes halogenated alkanes) is 2. The molecule has 1 saturated heterocycles. The van der Waals surface area contributed by atoms with E-state index in [1.54, 1.807) is 77.1 Å². The molecule has 4 aromatic carbocycles. The minimum absolute atomic E-state index is 0.0674. The number of hydrogen-bond donors (Lipinski definition) is 8. The Labute approximate surface area is 615 Å². The number of aliphatic hydroxyl groups excluding tert-OH is 1. The molecule has 0 radical (unpaired) electrons. The van der Waals surface area contributed by atoms with Gasteiger partial charge in [-0.15, -0.1) is 0 Å². The molecule has 1 aromatic heterocycles. The minimum atomic E-state index is -2.16. The molecule has 1 unspecified atom stereocenters. The average molecular weight is 1470 g/mol. The smallest absolute Gasteiger partial charge is 0.312 e. The summed E-state index contributed by atoms with van der Waals surface area (Å²) in [6.07, 6.45) is 11.8. The average Bonchev–Trinajstić information content (AvgIpc) is 1.53. The second kappa shape index (κ2) is 34.8. The number of piperidine rings is 1. The zero-order valence-corrected chi connectivity index (χ0v) is 62.5. The first-order valence-corrected chi connectivity index (χ1v) is 36.2. The maximum Gasteiger partial charge on any atom is 0.312 e. The SMILES string of the molecule is CO[C@H]1/C=C/O[C@@]2(C)Oc3c(C)c(=O)c4c(O)c(c5oc6cc(N7CCC(N(C)C)CC7)cc(OCc7ccc(NC(=O)[C@H](CCCNC(N)=O)NC(=O)C(NC(=O)CCCCCN8C(=O)C=CC8=O)C(C)C)cc7)c6nc5c4c3C2=O)NC(=O)/C(C)=C\C=C\[C@H](C)C[C@@H](C)[C@@H](O)[C@@H](C)[C@H](OC(C)=O)[C@@H]1C. The fourth-order valence-corrected chi connectivity index (χ4v) is 14.1. The molecule has 5 heterocycles. The number of rotatable bonds is 23. The third kappa shape index (κ3) is 18.5. The van der Waals surface area contributed by atoms with Crippen molar-refractivity contribution in [1.29, 1.82) is 0 Å². The third-order valence-electron chi connectivity index (χ3n) is 20.4. The number of anilines is 3. The maximum absolute atomic E-state index is 15.4. The Morgan fingerprint density at radius 2 is 1.58 bits per heavy atom. The number of aliphatic hydroxyl groups is 1. The van der Waals surface area contributed by atoms with Gasteiger partial charge < -0.3 is 80.4 Å². The van der Waals surface area contributed by atoms with Crippen LogP contribution in [0.2, 0.25) is 0 Å². The van der Waals surface area contributed by atoms with Gasteiger partial charge in [0.15, 0.2) is 28.1 Å². The molecule has 10 atom stereocenters. The van der Waals surface area contributed by atoms with Gasteiger partial charge in [0, 0.05) is 124 Å². The van der Waals surface area contributed by atoms with E-state index >= 15 is 9.59 Å². The Bertz CT molecular complexity index is 4350. The molecule has 9 N–H and O–H groups in total. The number of imide groups is 1. The Kier molecular flexibility index (Phi) is 26.2. The number of aromatic hydroxyl groups is 1. The highest BCUT2D eigenvalue weighted by Gasteiger charge is 2.50. The molecule has 4 bridgehead atoms. The predicted octanol–water partition coefficient (Wildman–Crippen LogP) is 8.63. The first kappa shape index (κ1) is 79.9. The van der Waals surface area contributed by atoms with Crippen LogP contribution in [0.4, 0.5) is 21.9 Å². The van der Waals surface area contributed by atoms with Crippen molar-refractivity contribution < 1.29 is 81.5 Å². The van der Waals surface area contributed by atoms with Crippen molar-refractivity contribution >= 4 is 103 Å². The highest BCUT2D eigenvalue weighted by Crippen LogP contribution is 2.49. The molecule has 570 valence electrons. The summed E-state index contributed by atoms with van der Waals surface area (Å²) in [4.78, 5) is 145. The lowest BCUT2D eigenvalue weighted by Gasteiger charge is -2.36. The Balaban J connectivity index is 1.06. The molecule has 4 aliphatic rings. The second-order valence-electron chi connectivity index (χ2n) is 28.9. The number of benzene rings is 4. The van der Waals surface area contributed by atoms with Gasteiger partial charge in [0.2, 0.25) is 17.7 Å². The van der Waals surface area contributed by atoms with Gasteiger partial charge in [-0.25, -0.2) is 9.78 Å². The molecule has 1 fully saturated rings. The van der Waals surface area contributed by atoms with Crippen molar-refractivity contribution in [3.05, 3.63) is 112 Å². The number of methoxy groups -OCH3 is 1. The molecule has 28 nitrogen and oxygen atoms in total. The van der Waals surface area contributed by atoms with Crippen molar-refractivity contribution in [2.45, 2.75) is 176 Å². The first-order chi connectivity index (χ1) is 50.3. The quantitative estimate of drug-likeness (QED) is 0.00757. The molecule has 4 aliphatic heterocycles. The van der Waals surface area contributed by atoms with Crippen molar-refractivity contribution in [2.75, 3.05) is 62.9 Å². The molecular formula is C78H100N10O18. The fourth-order valence-electron chi connectivity index (χ4n) is 14.1. The minimum Gasteiger partial charge on any atom is -0.505 e. The predicted molar refractivity (Wildman–Crippen MR) is 399 cm³/mol. The van der Waals surface area contributed by atoms with Crippen molar-refractivity contribution in [3.8, 4) is 17.2 Å². The first-order valence-electron chi connectivity index (χ1n) is 36.2. The number of nitrogens with one attached hydrogen (secondary N) is 5. The van der Waals surface area contributed by atoms with E-state index in [4.69, 9.17) is 38.8 Å². The van der Waals surface area contributed by atoms with Crippen LogP contribution in [0.25, 0.3) is 33.0 Å². The van der Waals surface area contributed by atoms with Gasteiger partial charge in [-0.3, -0.25) is 48.1 Å². The highest BCUT2D eigenvalue weighted by atomic mass is 16.7. The topological polar surface area (TPSA) is 379 Å². The largest absolute Gasteiger partial charge is 0.505 e. The number of phenolic OH excluding ortho intramolecular Hbond substituents is 1. The number of urea groups is 1. The fraction of sp³-hybridized carbons (Fsp3) is 0.500. The van der Waals surface area contributed by atoms with E-state index in [1.165, 1.54) is 52.4 Å². The molecule has 0 aliphatic carbocycles. The number of Topliss-reactive ketones (excluding diaryl/α,β-unsaturated/α-hetero) is 1. The number of aromatic nitrogens is 1. The molecular weight excluding hydrogens is 1360 g/mol. The van der Waals surface area contributed by atoms with Crippen LogP contribution >= 0.6 is 0 Å². The van der Waals surface area contributed by atoms with E-state index in [9.17, 15) is 48.6 Å². The number of fused-ring (bicyclic) bond motifs is 2. The van der Waals surface area contributed by atoms with Crippen LogP contribution in [-0.2, 0) is 54.4 Å². The van der Waals surface area contributed by atoms with E-state index in [0.717, 1.165) is 17.7 Å². The molecule has 9 rings (SSSR count). The van der Waals surface area contributed by atoms with E-state index in [1.807, 2.05) is 40.1 Å². The molecule has 28 heteroatoms. The number of phenols is 1. The van der Waals surface area contributed by atoms with E-state index in [2.05, 4.69) is 36.4 Å². The normalized spacial score (nSPS) is 23.5. The lowest BCUT2D eigenvalue weighted by atomic mass is 9.79. The van der Waals surface area contributed by atoms with Crippen LogP contribution in [-0.4, -0.2) is 168 Å². The summed E-state index contributed by atoms with van der Waals surface area (Å²) >= 11 is 0. The lowest BCUT2D eigenvalue weighted by Crippen LogP contribution is -2.54. The summed E-state index contributed by atoms with van der Waals surface area (Å²) in [6, 6.07) is 7.69. The standard InChI is InChI=1S/C78H100N10O18/c1-41(2)63(83-57(90)22-15-14-16-33-88-58(91)27-28-59(88)92)76(99)82-53(21-18-32-80-77(79)100)75(98)81-50-25-23-49(24-26-50)40-102-55-38-52(87-34-29-51(30-35-87)86(11)12)39-56-64(55)84-65-60-61-68(94)47(8)71-62(60)73(96)78(10,106-71)103-36-31-54(101-13)45(6)70(104-48(9)89)46(7)67(93)44(5)37-42(3)19-17-20-43(4)74(97)85-66(69(61)95)72(65)105-56/h17,19-20,23-28,31,36,38-39,41-42,44-46,51,53-54,63,67,70,93,95H,14-16,18,21-22,29-30,32-35,37,40H2,1-13H3,(H,81,98)(H,82,99)(H,83,90)(H,85,97)(H3,79,80,100)/b19-17+,36-31+,43-20-/t42-,44+,45+,46+,53-,54-,63?,67+,70+,78-/m0/s1. The number of ether oxygens (including phenoxy) is 5. The molecule has 106 heavy (non-hydrogen) atoms. The van der Waals surface area contributed by atoms with Gasteiger partial charge in [-0.2, -0.15) is 0 Å². The molecule has 5 aromatic rings. The number of hydrogen-bond acceptors (Lipinski definition) is 21. The Hall–Kier alpha value is -10.2. The molecule has 8 amide bonds. The Morgan fingerprint density at radius 3 is 2.24 bits per heavy atom. The highest BCUT2D eigenvalue weighted by molar-refractivity contribution is 6.26. The lowest BCUT2D eigenvalue weighted by molar-refractivity contribution is -0.159. The summed E-state index contributed by atoms with van der Waals surface area (Å²) < 4.78 is 38.2. The van der Waals surface area contributed by atoms with E-state index in [0.29, 0.717) is 61.8 Å². The van der Waals surface area contributed by atoms with Crippen molar-refractivity contribution in [1.82, 2.24) is 30.7 Å². The zero-order valence-electron chi connectivity index (χ0n) is 62.5. The van der Waals surface area contributed by atoms with E-state index in [-0.39, 0.29) is 129 Å². The van der Waals surface area contributed by atoms with Crippen molar-refractivity contribution in [3.63, 3.8) is 0 Å². The number of nitrogens with zero attached hydrogens (tertiary/aromatic N) is 4. The monoisotopic (exact) mass is 1460 g/mol. The van der Waals surface area contributed by atoms with Crippen LogP contribution in [0, 0.1) is 36.5 Å². The van der Waals surface area contributed by atoms with Crippen LogP contribution < -0.4 is 52.1 Å². The van der Waals surface area contributed by atoms with Crippen LogP contribution in [0.3, 0.4) is 0 Å². The number of primary amides is 1. The number of ketones is 1. The third-order valence-corrected chi connectivity index (χ3v) is 20.4. The summed E-state index contributed by atoms with van der Waals surface area (Å²) in [5.41, 5.74) is 5.73. The Morgan fingerprint density at radius 1 is 0.887 bits per heavy atom. The molecule has 0 spiro atoms. The van der Waals surface area contributed by atoms with Gasteiger partial charge in [-0.1, -0.05) is 78.3 Å². The van der Waals surface area contributed by atoms with Gasteiger partial charge >= 0.3 is 17.8 Å². The second-order valence-corrected chi connectivity index (χ2v) is 28.9. The van der Waals surface area contributed by atoms with Gasteiger partial charge in [0.25, 0.3) is 23.5 Å². The van der Waals surface area contributed by atoms with E-state index < -0.39 is 107 Å². The van der Waals surface area contributed by atoms with Crippen LogP contribution in [0.1, 0.15) is 142 Å². The number of allylic oxidation sites excluding steroid dienone is 3. The van der Waals surface area contributed by atoms with Crippen LogP contribution in [0.15, 0.2) is 93.9 Å². The van der Waals surface area contributed by atoms with Gasteiger partial charge in [-0.05, 0) is 114 Å².